The van der Waals surface area contributed by atoms with Crippen molar-refractivity contribution in [2.75, 3.05) is 13.2 Å². The molecule has 1 aromatic carbocycles. The van der Waals surface area contributed by atoms with Crippen LogP contribution in [0.3, 0.4) is 0 Å². The molecule has 114 valence electrons. The molecule has 0 aliphatic heterocycles. The molecule has 2 aromatic rings. The van der Waals surface area contributed by atoms with E-state index in [4.69, 9.17) is 9.15 Å². The Labute approximate surface area is 122 Å². The second-order valence-electron chi connectivity index (χ2n) is 5.04. The van der Waals surface area contributed by atoms with Crippen LogP contribution in [0.1, 0.15) is 20.3 Å². The molecule has 0 radical (unpaired) electrons. The molecule has 0 saturated carbocycles. The molecule has 1 amide bonds. The highest BCUT2D eigenvalue weighted by Gasteiger charge is 2.11. The number of benzene rings is 1. The summed E-state index contributed by atoms with van der Waals surface area (Å²) < 4.78 is 11.8. The smallest absolute Gasteiger partial charge is 0.408 e. The van der Waals surface area contributed by atoms with Gasteiger partial charge in [0.25, 0.3) is 0 Å². The van der Waals surface area contributed by atoms with Gasteiger partial charge in [0, 0.05) is 13.2 Å². The van der Waals surface area contributed by atoms with Crippen molar-refractivity contribution in [3.8, 4) is 0 Å². The number of hydrogen-bond acceptors (Lipinski definition) is 4. The zero-order chi connectivity index (χ0) is 15.2. The van der Waals surface area contributed by atoms with E-state index in [-0.39, 0.29) is 18.6 Å². The lowest BCUT2D eigenvalue weighted by Crippen LogP contribution is -2.31. The number of fused-ring (bicyclic) bond motifs is 1. The van der Waals surface area contributed by atoms with Gasteiger partial charge in [0.05, 0.1) is 11.6 Å². The normalized spacial score (nSPS) is 11.2. The van der Waals surface area contributed by atoms with E-state index in [1.807, 2.05) is 13.8 Å². The molecule has 0 fully saturated rings. The molecule has 0 spiro atoms. The molecule has 21 heavy (non-hydrogen) atoms. The van der Waals surface area contributed by atoms with Crippen molar-refractivity contribution in [3.63, 3.8) is 0 Å². The van der Waals surface area contributed by atoms with E-state index in [1.165, 1.54) is 4.57 Å². The van der Waals surface area contributed by atoms with Gasteiger partial charge in [-0.05, 0) is 32.4 Å². The van der Waals surface area contributed by atoms with E-state index in [9.17, 15) is 9.59 Å². The first-order chi connectivity index (χ1) is 10.1. The van der Waals surface area contributed by atoms with Crippen LogP contribution in [0.5, 0.6) is 0 Å². The summed E-state index contributed by atoms with van der Waals surface area (Å²) in [5, 5.41) is 2.77. The molecule has 6 heteroatoms. The van der Waals surface area contributed by atoms with E-state index < -0.39 is 5.76 Å². The van der Waals surface area contributed by atoms with Crippen molar-refractivity contribution in [2.24, 2.45) is 0 Å². The Bertz CT molecular complexity index is 657. The Hall–Kier alpha value is -2.08. The zero-order valence-corrected chi connectivity index (χ0v) is 12.3. The van der Waals surface area contributed by atoms with Crippen LogP contribution >= 0.6 is 0 Å². The van der Waals surface area contributed by atoms with E-state index in [2.05, 4.69) is 5.32 Å². The molecule has 1 heterocycles. The predicted octanol–water partition coefficient (Wildman–Crippen LogP) is 1.53. The van der Waals surface area contributed by atoms with Gasteiger partial charge in [0.1, 0.15) is 6.54 Å². The standard InChI is InChI=1S/C15H20N2O4/c1-11(2)20-9-5-8-16-14(18)10-17-12-6-3-4-7-13(12)21-15(17)19/h3-4,6-7,11H,5,8-10H2,1-2H3,(H,16,18). The van der Waals surface area contributed by atoms with E-state index in [0.29, 0.717) is 24.3 Å². The van der Waals surface area contributed by atoms with Crippen molar-refractivity contribution < 1.29 is 13.9 Å². The maximum absolute atomic E-state index is 11.9. The summed E-state index contributed by atoms with van der Waals surface area (Å²) in [7, 11) is 0. The number of para-hydroxylation sites is 2. The Balaban J connectivity index is 1.87. The first kappa shape index (κ1) is 15.3. The zero-order valence-electron chi connectivity index (χ0n) is 12.3. The van der Waals surface area contributed by atoms with Gasteiger partial charge in [0.2, 0.25) is 5.91 Å². The van der Waals surface area contributed by atoms with Gasteiger partial charge in [0.15, 0.2) is 5.58 Å². The number of carbonyl (C=O) groups excluding carboxylic acids is 1. The highest BCUT2D eigenvalue weighted by atomic mass is 16.5. The predicted molar refractivity (Wildman–Crippen MR) is 79.2 cm³/mol. The number of aromatic nitrogens is 1. The summed E-state index contributed by atoms with van der Waals surface area (Å²) in [6.45, 7) is 5.02. The number of nitrogens with one attached hydrogen (secondary N) is 1. The lowest BCUT2D eigenvalue weighted by Gasteiger charge is -2.08. The fraction of sp³-hybridized carbons (Fsp3) is 0.467. The van der Waals surface area contributed by atoms with Crippen LogP contribution in [0, 0.1) is 0 Å². The third-order valence-corrected chi connectivity index (χ3v) is 2.97. The fourth-order valence-electron chi connectivity index (χ4n) is 1.98. The number of ether oxygens (including phenoxy) is 1. The minimum Gasteiger partial charge on any atom is -0.408 e. The molecule has 0 saturated heterocycles. The van der Waals surface area contributed by atoms with Gasteiger partial charge in [-0.2, -0.15) is 0 Å². The minimum atomic E-state index is -0.519. The number of hydrogen-bond donors (Lipinski definition) is 1. The topological polar surface area (TPSA) is 73.5 Å². The number of rotatable bonds is 7. The third kappa shape index (κ3) is 4.19. The molecule has 2 rings (SSSR count). The molecule has 0 unspecified atom stereocenters. The number of carbonyl (C=O) groups is 1. The van der Waals surface area contributed by atoms with Crippen LogP contribution in [0.2, 0.25) is 0 Å². The average Bonchev–Trinajstić information content (AvgIpc) is 2.74. The maximum atomic E-state index is 11.9. The summed E-state index contributed by atoms with van der Waals surface area (Å²) in [4.78, 5) is 23.6. The van der Waals surface area contributed by atoms with Crippen LogP contribution < -0.4 is 11.1 Å². The minimum absolute atomic E-state index is 0.0408. The highest BCUT2D eigenvalue weighted by molar-refractivity contribution is 5.79. The SMILES string of the molecule is CC(C)OCCCNC(=O)Cn1c(=O)oc2ccccc21. The number of amides is 1. The van der Waals surface area contributed by atoms with Crippen molar-refractivity contribution >= 4 is 17.0 Å². The maximum Gasteiger partial charge on any atom is 0.420 e. The Morgan fingerprint density at radius 2 is 2.14 bits per heavy atom. The second kappa shape index (κ2) is 7.08. The van der Waals surface area contributed by atoms with Crippen LogP contribution in [0.4, 0.5) is 0 Å². The first-order valence-electron chi connectivity index (χ1n) is 7.04. The van der Waals surface area contributed by atoms with Gasteiger partial charge in [-0.3, -0.25) is 9.36 Å². The quantitative estimate of drug-likeness (QED) is 0.785. The van der Waals surface area contributed by atoms with Crippen molar-refractivity contribution in [2.45, 2.75) is 32.9 Å². The van der Waals surface area contributed by atoms with Crippen molar-refractivity contribution in [1.82, 2.24) is 9.88 Å². The number of nitrogens with zero attached hydrogens (tertiary/aromatic N) is 1. The molecule has 6 nitrogen and oxygen atoms in total. The Kier molecular flexibility index (Phi) is 5.16. The molecule has 0 atom stereocenters. The van der Waals surface area contributed by atoms with E-state index >= 15 is 0 Å². The molecule has 0 aliphatic carbocycles. The Morgan fingerprint density at radius 1 is 1.38 bits per heavy atom. The van der Waals surface area contributed by atoms with Crippen molar-refractivity contribution in [1.29, 1.82) is 0 Å². The largest absolute Gasteiger partial charge is 0.420 e. The lowest BCUT2D eigenvalue weighted by molar-refractivity contribution is -0.121. The Morgan fingerprint density at radius 3 is 2.90 bits per heavy atom. The summed E-state index contributed by atoms with van der Waals surface area (Å²) in [6, 6.07) is 7.04. The van der Waals surface area contributed by atoms with Crippen LogP contribution in [-0.2, 0) is 16.1 Å². The molecule has 0 aliphatic rings. The van der Waals surface area contributed by atoms with E-state index in [1.54, 1.807) is 24.3 Å². The summed E-state index contributed by atoms with van der Waals surface area (Å²) in [5.74, 6) is -0.734. The van der Waals surface area contributed by atoms with Gasteiger partial charge in [-0.15, -0.1) is 0 Å². The van der Waals surface area contributed by atoms with Crippen LogP contribution in [0.15, 0.2) is 33.5 Å². The molecule has 1 aromatic heterocycles. The van der Waals surface area contributed by atoms with E-state index in [0.717, 1.165) is 6.42 Å². The van der Waals surface area contributed by atoms with Crippen molar-refractivity contribution in [3.05, 3.63) is 34.8 Å². The summed E-state index contributed by atoms with van der Waals surface area (Å²) in [5.41, 5.74) is 1.11. The molecular formula is C15H20N2O4. The van der Waals surface area contributed by atoms with Gasteiger partial charge in [-0.1, -0.05) is 12.1 Å². The van der Waals surface area contributed by atoms with Gasteiger partial charge < -0.3 is 14.5 Å². The summed E-state index contributed by atoms with van der Waals surface area (Å²) in [6.07, 6.45) is 0.932. The lowest BCUT2D eigenvalue weighted by atomic mass is 10.3. The van der Waals surface area contributed by atoms with Gasteiger partial charge >= 0.3 is 5.76 Å². The molecular weight excluding hydrogens is 272 g/mol. The highest BCUT2D eigenvalue weighted by Crippen LogP contribution is 2.11. The monoisotopic (exact) mass is 292 g/mol. The summed E-state index contributed by atoms with van der Waals surface area (Å²) >= 11 is 0. The molecule has 0 bridgehead atoms. The second-order valence-corrected chi connectivity index (χ2v) is 5.04. The fourth-order valence-corrected chi connectivity index (χ4v) is 1.98. The molecule has 1 N–H and O–H groups in total. The first-order valence-corrected chi connectivity index (χ1v) is 7.04. The van der Waals surface area contributed by atoms with Gasteiger partial charge in [-0.25, -0.2) is 4.79 Å². The third-order valence-electron chi connectivity index (χ3n) is 2.97. The van der Waals surface area contributed by atoms with Crippen LogP contribution in [0.25, 0.3) is 11.1 Å². The van der Waals surface area contributed by atoms with Crippen LogP contribution in [-0.4, -0.2) is 29.7 Å². The number of oxazole rings is 1. The average molecular weight is 292 g/mol.